The first-order valence-corrected chi connectivity index (χ1v) is 5.46. The Balaban J connectivity index is 2.55. The van der Waals surface area contributed by atoms with E-state index in [1.807, 2.05) is 0 Å². The highest BCUT2D eigenvalue weighted by molar-refractivity contribution is 5.68. The number of rotatable bonds is 0. The molecule has 0 aliphatic carbocycles. The number of alkyl halides is 1. The zero-order valence-corrected chi connectivity index (χ0v) is 10.3. The summed E-state index contributed by atoms with van der Waals surface area (Å²) in [6, 6.07) is 0. The number of likely N-dealkylation sites (tertiary alicyclic amines) is 1. The molecule has 0 aromatic heterocycles. The van der Waals surface area contributed by atoms with Crippen LogP contribution in [-0.4, -0.2) is 46.6 Å². The van der Waals surface area contributed by atoms with Crippen molar-refractivity contribution >= 4 is 6.09 Å². The van der Waals surface area contributed by atoms with Crippen LogP contribution < -0.4 is 0 Å². The number of hydrogen-bond donors (Lipinski definition) is 1. The summed E-state index contributed by atoms with van der Waals surface area (Å²) in [6.07, 6.45) is -1.72. The van der Waals surface area contributed by atoms with E-state index in [0.717, 1.165) is 0 Å². The predicted octanol–water partition coefficient (Wildman–Crippen LogP) is 1.72. The van der Waals surface area contributed by atoms with Crippen molar-refractivity contribution in [2.45, 2.75) is 51.5 Å². The molecule has 5 heteroatoms. The first-order valence-electron chi connectivity index (χ1n) is 5.46. The number of piperidine rings is 1. The molecule has 1 N–H and O–H groups in total. The van der Waals surface area contributed by atoms with Gasteiger partial charge in [0.15, 0.2) is 0 Å². The van der Waals surface area contributed by atoms with Crippen molar-refractivity contribution in [3.8, 4) is 0 Å². The quantitative estimate of drug-likeness (QED) is 0.693. The van der Waals surface area contributed by atoms with Crippen molar-refractivity contribution in [1.29, 1.82) is 0 Å². The van der Waals surface area contributed by atoms with Crippen LogP contribution in [0.1, 0.15) is 34.1 Å². The lowest BCUT2D eigenvalue weighted by Gasteiger charge is -2.38. The van der Waals surface area contributed by atoms with E-state index in [9.17, 15) is 14.3 Å². The Bertz CT molecular complexity index is 273. The van der Waals surface area contributed by atoms with E-state index in [-0.39, 0.29) is 13.0 Å². The van der Waals surface area contributed by atoms with Gasteiger partial charge in [0.1, 0.15) is 11.8 Å². The molecule has 1 amide bonds. The van der Waals surface area contributed by atoms with Crippen LogP contribution in [0.3, 0.4) is 0 Å². The second kappa shape index (κ2) is 4.20. The Morgan fingerprint density at radius 3 is 2.56 bits per heavy atom. The van der Waals surface area contributed by atoms with Crippen molar-refractivity contribution in [2.24, 2.45) is 0 Å². The highest BCUT2D eigenvalue weighted by Crippen LogP contribution is 2.25. The van der Waals surface area contributed by atoms with Crippen LogP contribution in [0.15, 0.2) is 0 Å². The lowest BCUT2D eigenvalue weighted by Crippen LogP contribution is -2.54. The Morgan fingerprint density at radius 1 is 1.56 bits per heavy atom. The normalized spacial score (nSPS) is 31.4. The predicted molar refractivity (Wildman–Crippen MR) is 57.9 cm³/mol. The maximum atomic E-state index is 13.5. The molecular formula is C11H20FNO3. The van der Waals surface area contributed by atoms with Gasteiger partial charge in [-0.3, -0.25) is 0 Å². The van der Waals surface area contributed by atoms with Gasteiger partial charge in [-0.1, -0.05) is 0 Å². The third-order valence-electron chi connectivity index (χ3n) is 2.60. The van der Waals surface area contributed by atoms with E-state index in [0.29, 0.717) is 6.54 Å². The Labute approximate surface area is 95.4 Å². The Morgan fingerprint density at radius 2 is 2.12 bits per heavy atom. The fraction of sp³-hybridized carbons (Fsp3) is 0.909. The van der Waals surface area contributed by atoms with Crippen molar-refractivity contribution in [3.63, 3.8) is 0 Å². The first kappa shape index (κ1) is 13.2. The number of carbonyl (C=O) groups is 1. The van der Waals surface area contributed by atoms with Gasteiger partial charge in [-0.15, -0.1) is 0 Å². The molecule has 1 fully saturated rings. The van der Waals surface area contributed by atoms with E-state index >= 15 is 0 Å². The van der Waals surface area contributed by atoms with Crippen molar-refractivity contribution in [3.05, 3.63) is 0 Å². The molecule has 1 saturated heterocycles. The lowest BCUT2D eigenvalue weighted by atomic mass is 9.92. The zero-order valence-electron chi connectivity index (χ0n) is 10.3. The van der Waals surface area contributed by atoms with Crippen LogP contribution in [0.25, 0.3) is 0 Å². The first-order chi connectivity index (χ1) is 7.12. The number of hydrogen-bond acceptors (Lipinski definition) is 3. The summed E-state index contributed by atoms with van der Waals surface area (Å²) >= 11 is 0. The third kappa shape index (κ3) is 3.33. The maximum absolute atomic E-state index is 13.5. The van der Waals surface area contributed by atoms with Gasteiger partial charge in [-0.25, -0.2) is 9.18 Å². The molecule has 0 aromatic carbocycles. The number of amides is 1. The molecule has 1 aliphatic rings. The molecule has 1 heterocycles. The molecule has 2 atom stereocenters. The summed E-state index contributed by atoms with van der Waals surface area (Å²) in [4.78, 5) is 12.9. The lowest BCUT2D eigenvalue weighted by molar-refractivity contribution is -0.0734. The standard InChI is InChI=1S/C11H20FNO3/c1-10(2,3)16-9(14)13-6-5-11(4,15)8(12)7-13/h8,15H,5-7H2,1-4H3/t8?,11-/m0/s1. The monoisotopic (exact) mass is 233 g/mol. The molecule has 16 heavy (non-hydrogen) atoms. The SMILES string of the molecule is CC(C)(C)OC(=O)N1CC[C@](C)(O)C(F)C1. The van der Waals surface area contributed by atoms with E-state index in [2.05, 4.69) is 0 Å². The topological polar surface area (TPSA) is 49.8 Å². The van der Waals surface area contributed by atoms with Gasteiger partial charge >= 0.3 is 6.09 Å². The van der Waals surface area contributed by atoms with E-state index in [1.165, 1.54) is 11.8 Å². The minimum Gasteiger partial charge on any atom is -0.444 e. The maximum Gasteiger partial charge on any atom is 0.410 e. The molecule has 94 valence electrons. The fourth-order valence-electron chi connectivity index (χ4n) is 1.49. The molecule has 1 rings (SSSR count). The summed E-state index contributed by atoms with van der Waals surface area (Å²) < 4.78 is 18.6. The molecular weight excluding hydrogens is 213 g/mol. The number of halogens is 1. The smallest absolute Gasteiger partial charge is 0.410 e. The van der Waals surface area contributed by atoms with Gasteiger partial charge in [-0.05, 0) is 34.1 Å². The molecule has 4 nitrogen and oxygen atoms in total. The Hall–Kier alpha value is -0.840. The zero-order chi connectivity index (χ0) is 12.6. The summed E-state index contributed by atoms with van der Waals surface area (Å²) in [6.45, 7) is 6.95. The average Bonchev–Trinajstić information content (AvgIpc) is 2.06. The largest absolute Gasteiger partial charge is 0.444 e. The van der Waals surface area contributed by atoms with Gasteiger partial charge in [-0.2, -0.15) is 0 Å². The highest BCUT2D eigenvalue weighted by Gasteiger charge is 2.40. The second-order valence-corrected chi connectivity index (χ2v) is 5.50. The number of aliphatic hydroxyl groups is 1. The van der Waals surface area contributed by atoms with Crippen molar-refractivity contribution < 1.29 is 19.0 Å². The number of carbonyl (C=O) groups excluding carboxylic acids is 1. The molecule has 0 radical (unpaired) electrons. The van der Waals surface area contributed by atoms with E-state index in [1.54, 1.807) is 20.8 Å². The van der Waals surface area contributed by atoms with Crippen LogP contribution in [-0.2, 0) is 4.74 Å². The van der Waals surface area contributed by atoms with Crippen LogP contribution in [0.2, 0.25) is 0 Å². The molecule has 1 unspecified atom stereocenters. The summed E-state index contributed by atoms with van der Waals surface area (Å²) in [5.41, 5.74) is -1.92. The second-order valence-electron chi connectivity index (χ2n) is 5.50. The average molecular weight is 233 g/mol. The van der Waals surface area contributed by atoms with Gasteiger partial charge in [0.25, 0.3) is 0 Å². The van der Waals surface area contributed by atoms with Gasteiger partial charge < -0.3 is 14.7 Å². The molecule has 1 aliphatic heterocycles. The van der Waals surface area contributed by atoms with Crippen molar-refractivity contribution in [2.75, 3.05) is 13.1 Å². The summed E-state index contributed by atoms with van der Waals surface area (Å²) in [5.74, 6) is 0. The van der Waals surface area contributed by atoms with Gasteiger partial charge in [0.05, 0.1) is 12.1 Å². The molecule has 0 spiro atoms. The van der Waals surface area contributed by atoms with E-state index in [4.69, 9.17) is 4.74 Å². The molecule has 0 bridgehead atoms. The van der Waals surface area contributed by atoms with Crippen LogP contribution in [0.4, 0.5) is 9.18 Å². The summed E-state index contributed by atoms with van der Waals surface area (Å²) in [5, 5.41) is 9.62. The third-order valence-corrected chi connectivity index (χ3v) is 2.60. The summed E-state index contributed by atoms with van der Waals surface area (Å²) in [7, 11) is 0. The number of ether oxygens (including phenoxy) is 1. The van der Waals surface area contributed by atoms with Gasteiger partial charge in [0.2, 0.25) is 0 Å². The van der Waals surface area contributed by atoms with Crippen LogP contribution >= 0.6 is 0 Å². The van der Waals surface area contributed by atoms with Crippen LogP contribution in [0, 0.1) is 0 Å². The Kier molecular flexibility index (Phi) is 3.47. The van der Waals surface area contributed by atoms with E-state index < -0.39 is 23.5 Å². The highest BCUT2D eigenvalue weighted by atomic mass is 19.1. The fourth-order valence-corrected chi connectivity index (χ4v) is 1.49. The number of nitrogens with zero attached hydrogens (tertiary/aromatic N) is 1. The minimum atomic E-state index is -1.42. The minimum absolute atomic E-state index is 0.109. The van der Waals surface area contributed by atoms with Gasteiger partial charge in [0, 0.05) is 6.54 Å². The van der Waals surface area contributed by atoms with Crippen molar-refractivity contribution in [1.82, 2.24) is 4.90 Å². The molecule has 0 saturated carbocycles. The van der Waals surface area contributed by atoms with Crippen LogP contribution in [0.5, 0.6) is 0 Å². The molecule has 0 aromatic rings.